The minimum absolute atomic E-state index is 0.0350. The normalized spacial score (nSPS) is 19.2. The van der Waals surface area contributed by atoms with E-state index in [1.165, 1.54) is 19.3 Å². The predicted molar refractivity (Wildman–Crippen MR) is 188 cm³/mol. The summed E-state index contributed by atoms with van der Waals surface area (Å²) in [6.07, 6.45) is 13.1. The van der Waals surface area contributed by atoms with Crippen LogP contribution in [0.1, 0.15) is 72.0 Å². The molecule has 0 spiro atoms. The van der Waals surface area contributed by atoms with Gasteiger partial charge in [0, 0.05) is 80.7 Å². The van der Waals surface area contributed by atoms with Gasteiger partial charge in [-0.1, -0.05) is 24.3 Å². The average molecular weight is 661 g/mol. The number of aromatic nitrogens is 4. The minimum atomic E-state index is -0.123. The van der Waals surface area contributed by atoms with Crippen molar-refractivity contribution in [1.82, 2.24) is 30.2 Å². The van der Waals surface area contributed by atoms with E-state index in [2.05, 4.69) is 30.5 Å². The number of nitrogens with zero attached hydrogens (tertiary/aromatic N) is 6. The van der Waals surface area contributed by atoms with Gasteiger partial charge in [0.15, 0.2) is 0 Å². The SMILES string of the molecule is O=C(NCc1cccc(Nc2nccc(-c3cnc(N4CCCCC4)nc3)n2)c1)c1cccc2c1CCN(C(=O)C1CCC(CO)CC1)C2. The number of piperidine rings is 1. The molecule has 2 aromatic heterocycles. The third kappa shape index (κ3) is 7.72. The summed E-state index contributed by atoms with van der Waals surface area (Å²) < 4.78 is 0. The van der Waals surface area contributed by atoms with E-state index in [4.69, 9.17) is 4.98 Å². The molecule has 11 heteroatoms. The van der Waals surface area contributed by atoms with Crippen LogP contribution >= 0.6 is 0 Å². The van der Waals surface area contributed by atoms with E-state index in [-0.39, 0.29) is 24.3 Å². The first-order chi connectivity index (χ1) is 24.0. The van der Waals surface area contributed by atoms with Gasteiger partial charge in [0.25, 0.3) is 5.91 Å². The van der Waals surface area contributed by atoms with Gasteiger partial charge in [-0.05, 0) is 98.2 Å². The van der Waals surface area contributed by atoms with E-state index >= 15 is 0 Å². The zero-order valence-electron chi connectivity index (χ0n) is 27.9. The molecule has 1 saturated heterocycles. The molecule has 49 heavy (non-hydrogen) atoms. The van der Waals surface area contributed by atoms with Gasteiger partial charge in [0.05, 0.1) is 5.69 Å². The molecule has 254 valence electrons. The second kappa shape index (κ2) is 15.1. The molecule has 1 aliphatic carbocycles. The van der Waals surface area contributed by atoms with E-state index in [1.807, 2.05) is 65.8 Å². The number of hydrogen-bond donors (Lipinski definition) is 3. The average Bonchev–Trinajstić information content (AvgIpc) is 3.17. The molecule has 3 aliphatic rings. The summed E-state index contributed by atoms with van der Waals surface area (Å²) in [5.74, 6) is 1.66. The van der Waals surface area contributed by atoms with Crippen molar-refractivity contribution in [3.05, 3.63) is 89.4 Å². The summed E-state index contributed by atoms with van der Waals surface area (Å²) in [6.45, 7) is 3.71. The van der Waals surface area contributed by atoms with Crippen LogP contribution in [0.3, 0.4) is 0 Å². The van der Waals surface area contributed by atoms with Crippen LogP contribution in [0, 0.1) is 11.8 Å². The minimum Gasteiger partial charge on any atom is -0.396 e. The van der Waals surface area contributed by atoms with Crippen molar-refractivity contribution in [2.45, 2.75) is 64.5 Å². The number of rotatable bonds is 9. The zero-order valence-corrected chi connectivity index (χ0v) is 27.9. The molecule has 11 nitrogen and oxygen atoms in total. The number of carbonyl (C=O) groups is 2. The Bertz CT molecular complexity index is 1770. The lowest BCUT2D eigenvalue weighted by atomic mass is 9.81. The standard InChI is InChI=1S/C38H44N8O3/c47-25-26-10-12-28(13-11-26)36(49)46-19-15-32-29(24-46)7-5-9-33(32)35(48)40-21-27-6-4-8-31(20-27)43-37-39-16-14-34(44-37)30-22-41-38(42-23-30)45-17-2-1-3-18-45/h4-9,14,16,20,22-23,26,28,47H,1-3,10-13,15,17-19,21,24-25H2,(H,40,48)(H,39,43,44). The topological polar surface area (TPSA) is 136 Å². The molecule has 2 amide bonds. The second-order valence-electron chi connectivity index (χ2n) is 13.4. The van der Waals surface area contributed by atoms with Crippen molar-refractivity contribution in [2.24, 2.45) is 11.8 Å². The van der Waals surface area contributed by atoms with E-state index < -0.39 is 0 Å². The molecule has 4 aromatic rings. The van der Waals surface area contributed by atoms with Gasteiger partial charge in [-0.15, -0.1) is 0 Å². The number of nitrogens with one attached hydrogen (secondary N) is 2. The van der Waals surface area contributed by atoms with E-state index in [0.29, 0.717) is 43.5 Å². The summed E-state index contributed by atoms with van der Waals surface area (Å²) in [4.78, 5) is 49.2. The lowest BCUT2D eigenvalue weighted by Gasteiger charge is -2.35. The van der Waals surface area contributed by atoms with E-state index in [1.54, 1.807) is 6.20 Å². The van der Waals surface area contributed by atoms with Crippen LogP contribution in [0.2, 0.25) is 0 Å². The Hall–Kier alpha value is -4.90. The Morgan fingerprint density at radius 2 is 1.69 bits per heavy atom. The lowest BCUT2D eigenvalue weighted by Crippen LogP contribution is -2.41. The highest BCUT2D eigenvalue weighted by Crippen LogP contribution is 2.32. The van der Waals surface area contributed by atoms with Crippen LogP contribution in [-0.4, -0.2) is 68.0 Å². The van der Waals surface area contributed by atoms with Crippen molar-refractivity contribution in [2.75, 3.05) is 36.5 Å². The van der Waals surface area contributed by atoms with E-state index in [0.717, 1.165) is 78.4 Å². The first kappa shape index (κ1) is 32.6. The van der Waals surface area contributed by atoms with Crippen LogP contribution in [0.4, 0.5) is 17.6 Å². The Morgan fingerprint density at radius 1 is 0.898 bits per heavy atom. The molecule has 2 aliphatic heterocycles. The molecule has 4 heterocycles. The zero-order chi connectivity index (χ0) is 33.6. The molecule has 0 radical (unpaired) electrons. The van der Waals surface area contributed by atoms with Gasteiger partial charge in [-0.25, -0.2) is 19.9 Å². The molecule has 0 unspecified atom stereocenters. The maximum absolute atomic E-state index is 13.4. The summed E-state index contributed by atoms with van der Waals surface area (Å²) in [5.41, 5.74) is 6.03. The van der Waals surface area contributed by atoms with Gasteiger partial charge in [-0.3, -0.25) is 9.59 Å². The Labute approximate surface area is 287 Å². The molecule has 7 rings (SSSR count). The number of benzene rings is 2. The number of aliphatic hydroxyl groups excluding tert-OH is 1. The molecule has 2 aromatic carbocycles. The number of aliphatic hydroxyl groups is 1. The van der Waals surface area contributed by atoms with Gasteiger partial charge in [0.1, 0.15) is 0 Å². The molecule has 3 N–H and O–H groups in total. The highest BCUT2D eigenvalue weighted by molar-refractivity contribution is 5.96. The monoisotopic (exact) mass is 660 g/mol. The van der Waals surface area contributed by atoms with Gasteiger partial charge in [0.2, 0.25) is 17.8 Å². The Kier molecular flexibility index (Phi) is 10.1. The Morgan fingerprint density at radius 3 is 2.49 bits per heavy atom. The fraction of sp³-hybridized carbons (Fsp3) is 0.421. The fourth-order valence-corrected chi connectivity index (χ4v) is 7.32. The highest BCUT2D eigenvalue weighted by Gasteiger charge is 2.31. The maximum Gasteiger partial charge on any atom is 0.251 e. The van der Waals surface area contributed by atoms with Crippen molar-refractivity contribution in [3.63, 3.8) is 0 Å². The smallest absolute Gasteiger partial charge is 0.251 e. The quantitative estimate of drug-likeness (QED) is 0.219. The van der Waals surface area contributed by atoms with Crippen LogP contribution in [0.15, 0.2) is 67.1 Å². The summed E-state index contributed by atoms with van der Waals surface area (Å²) in [7, 11) is 0. The summed E-state index contributed by atoms with van der Waals surface area (Å²) in [6, 6.07) is 15.5. The second-order valence-corrected chi connectivity index (χ2v) is 13.4. The van der Waals surface area contributed by atoms with Crippen LogP contribution in [0.25, 0.3) is 11.3 Å². The molecule has 1 saturated carbocycles. The van der Waals surface area contributed by atoms with Gasteiger partial charge >= 0.3 is 0 Å². The van der Waals surface area contributed by atoms with E-state index in [9.17, 15) is 14.7 Å². The largest absolute Gasteiger partial charge is 0.396 e. The van der Waals surface area contributed by atoms with Crippen LogP contribution < -0.4 is 15.5 Å². The number of carbonyl (C=O) groups excluding carboxylic acids is 2. The van der Waals surface area contributed by atoms with Crippen molar-refractivity contribution in [3.8, 4) is 11.3 Å². The lowest BCUT2D eigenvalue weighted by molar-refractivity contribution is -0.138. The number of amides is 2. The molecule has 0 bridgehead atoms. The van der Waals surface area contributed by atoms with Crippen molar-refractivity contribution >= 4 is 29.4 Å². The van der Waals surface area contributed by atoms with Crippen molar-refractivity contribution in [1.29, 1.82) is 0 Å². The molecule has 0 atom stereocenters. The van der Waals surface area contributed by atoms with Crippen LogP contribution in [-0.2, 0) is 24.3 Å². The maximum atomic E-state index is 13.4. The number of hydrogen-bond acceptors (Lipinski definition) is 9. The third-order valence-corrected chi connectivity index (χ3v) is 10.1. The molecular formula is C38H44N8O3. The third-order valence-electron chi connectivity index (χ3n) is 10.1. The molecule has 2 fully saturated rings. The molecular weight excluding hydrogens is 616 g/mol. The van der Waals surface area contributed by atoms with Crippen molar-refractivity contribution < 1.29 is 14.7 Å². The number of anilines is 3. The first-order valence-electron chi connectivity index (χ1n) is 17.6. The van der Waals surface area contributed by atoms with Crippen LogP contribution in [0.5, 0.6) is 0 Å². The van der Waals surface area contributed by atoms with Gasteiger partial charge < -0.3 is 25.5 Å². The first-order valence-corrected chi connectivity index (χ1v) is 17.6. The summed E-state index contributed by atoms with van der Waals surface area (Å²) in [5, 5.41) is 15.8. The Balaban J connectivity index is 0.951. The van der Waals surface area contributed by atoms with Gasteiger partial charge in [-0.2, -0.15) is 0 Å². The fourth-order valence-electron chi connectivity index (χ4n) is 7.32. The predicted octanol–water partition coefficient (Wildman–Crippen LogP) is 5.28. The summed E-state index contributed by atoms with van der Waals surface area (Å²) >= 11 is 0. The number of fused-ring (bicyclic) bond motifs is 1. The highest BCUT2D eigenvalue weighted by atomic mass is 16.3.